The van der Waals surface area contributed by atoms with Crippen LogP contribution in [0.5, 0.6) is 0 Å². The van der Waals surface area contributed by atoms with Crippen LogP contribution in [0.25, 0.3) is 11.5 Å². The van der Waals surface area contributed by atoms with Crippen molar-refractivity contribution < 1.29 is 18.3 Å². The number of carbonyl (C=O) groups excluding carboxylic acids is 1. The molecule has 0 unspecified atom stereocenters. The van der Waals surface area contributed by atoms with Gasteiger partial charge in [-0.25, -0.2) is 9.18 Å². The van der Waals surface area contributed by atoms with Gasteiger partial charge in [-0.15, -0.1) is 10.2 Å². The molecule has 2 aromatic carbocycles. The van der Waals surface area contributed by atoms with Crippen LogP contribution in [-0.4, -0.2) is 16.2 Å². The molecule has 3 aromatic rings. The lowest BCUT2D eigenvalue weighted by molar-refractivity contribution is 0.0438. The van der Waals surface area contributed by atoms with E-state index in [2.05, 4.69) is 10.2 Å². The summed E-state index contributed by atoms with van der Waals surface area (Å²) in [6.07, 6.45) is 0. The summed E-state index contributed by atoms with van der Waals surface area (Å²) in [5, 5.41) is 8.00. The number of benzene rings is 2. The third-order valence-corrected chi connectivity index (χ3v) is 3.97. The number of hydrogen-bond acceptors (Lipinski definition) is 5. The van der Waals surface area contributed by atoms with Crippen LogP contribution in [0.4, 0.5) is 4.39 Å². The van der Waals surface area contributed by atoms with Crippen LogP contribution in [-0.2, 0) is 11.3 Å². The molecule has 3 rings (SSSR count). The maximum absolute atomic E-state index is 13.5. The van der Waals surface area contributed by atoms with Crippen molar-refractivity contribution in [3.8, 4) is 11.5 Å². The van der Waals surface area contributed by atoms with Gasteiger partial charge in [-0.2, -0.15) is 0 Å². The number of hydrogen-bond donors (Lipinski definition) is 0. The first-order chi connectivity index (χ1) is 11.9. The molecule has 0 saturated heterocycles. The van der Waals surface area contributed by atoms with E-state index in [9.17, 15) is 9.18 Å². The van der Waals surface area contributed by atoms with Crippen molar-refractivity contribution in [2.24, 2.45) is 0 Å². The van der Waals surface area contributed by atoms with Crippen LogP contribution in [0, 0.1) is 5.82 Å². The second-order valence-corrected chi connectivity index (χ2v) is 6.08. The van der Waals surface area contributed by atoms with Gasteiger partial charge >= 0.3 is 5.97 Å². The van der Waals surface area contributed by atoms with Crippen LogP contribution in [0.2, 0.25) is 15.1 Å². The molecule has 0 atom stereocenters. The average Bonchev–Trinajstić information content (AvgIpc) is 3.05. The molecule has 25 heavy (non-hydrogen) atoms. The third-order valence-electron chi connectivity index (χ3n) is 3.11. The minimum absolute atomic E-state index is 0.0243. The van der Waals surface area contributed by atoms with Gasteiger partial charge in [-0.1, -0.05) is 34.8 Å². The largest absolute Gasteiger partial charge is 0.452 e. The number of halogens is 4. The summed E-state index contributed by atoms with van der Waals surface area (Å²) in [7, 11) is 0. The van der Waals surface area contributed by atoms with Gasteiger partial charge in [-0.05, 0) is 36.4 Å². The Morgan fingerprint density at radius 3 is 2.52 bits per heavy atom. The first-order valence-electron chi connectivity index (χ1n) is 6.84. The summed E-state index contributed by atoms with van der Waals surface area (Å²) in [5.41, 5.74) is 0.512. The van der Waals surface area contributed by atoms with E-state index < -0.39 is 11.8 Å². The minimum Gasteiger partial charge on any atom is -0.452 e. The molecule has 0 saturated carbocycles. The SMILES string of the molecule is O=C(OCc1nnc(-c2ccc(Cl)cc2)o1)c1cc(F)c(Cl)cc1Cl. The molecule has 0 radical (unpaired) electrons. The maximum atomic E-state index is 13.5. The normalized spacial score (nSPS) is 10.7. The van der Waals surface area contributed by atoms with Crippen LogP contribution < -0.4 is 0 Å². The molecule has 1 aromatic heterocycles. The van der Waals surface area contributed by atoms with Crippen molar-refractivity contribution in [1.82, 2.24) is 10.2 Å². The Morgan fingerprint density at radius 1 is 1.08 bits per heavy atom. The van der Waals surface area contributed by atoms with Crippen molar-refractivity contribution in [2.45, 2.75) is 6.61 Å². The number of aromatic nitrogens is 2. The summed E-state index contributed by atoms with van der Waals surface area (Å²) in [5.74, 6) is -1.30. The van der Waals surface area contributed by atoms with E-state index in [1.807, 2.05) is 0 Å². The molecular weight excluding hydrogens is 394 g/mol. The summed E-state index contributed by atoms with van der Waals surface area (Å²) < 4.78 is 23.9. The van der Waals surface area contributed by atoms with E-state index >= 15 is 0 Å². The minimum atomic E-state index is -0.841. The molecule has 9 heteroatoms. The number of ether oxygens (including phenoxy) is 1. The highest BCUT2D eigenvalue weighted by Gasteiger charge is 2.17. The summed E-state index contributed by atoms with van der Waals surface area (Å²) >= 11 is 17.3. The predicted molar refractivity (Wildman–Crippen MR) is 90.3 cm³/mol. The molecule has 0 aliphatic carbocycles. The Bertz CT molecular complexity index is 929. The van der Waals surface area contributed by atoms with Crippen LogP contribution in [0.1, 0.15) is 16.2 Å². The Morgan fingerprint density at radius 2 is 1.80 bits per heavy atom. The van der Waals surface area contributed by atoms with E-state index in [1.165, 1.54) is 0 Å². The molecular formula is C16H8Cl3FN2O3. The van der Waals surface area contributed by atoms with Gasteiger partial charge in [-0.3, -0.25) is 0 Å². The van der Waals surface area contributed by atoms with Gasteiger partial charge in [0, 0.05) is 10.6 Å². The first kappa shape index (κ1) is 17.7. The maximum Gasteiger partial charge on any atom is 0.340 e. The van der Waals surface area contributed by atoms with Crippen molar-refractivity contribution in [2.75, 3.05) is 0 Å². The van der Waals surface area contributed by atoms with E-state index in [0.29, 0.717) is 10.6 Å². The van der Waals surface area contributed by atoms with Crippen LogP contribution in [0.15, 0.2) is 40.8 Å². The predicted octanol–water partition coefficient (Wildman–Crippen LogP) is 5.19. The monoisotopic (exact) mass is 400 g/mol. The molecule has 0 aliphatic heterocycles. The zero-order valence-corrected chi connectivity index (χ0v) is 14.6. The fourth-order valence-corrected chi connectivity index (χ4v) is 2.49. The lowest BCUT2D eigenvalue weighted by atomic mass is 10.2. The van der Waals surface area contributed by atoms with Crippen molar-refractivity contribution in [3.63, 3.8) is 0 Å². The molecule has 128 valence electrons. The van der Waals surface area contributed by atoms with Gasteiger partial charge < -0.3 is 9.15 Å². The molecule has 0 N–H and O–H groups in total. The highest BCUT2D eigenvalue weighted by Crippen LogP contribution is 2.25. The Balaban J connectivity index is 1.69. The number of esters is 1. The van der Waals surface area contributed by atoms with Crippen molar-refractivity contribution in [1.29, 1.82) is 0 Å². The molecule has 1 heterocycles. The van der Waals surface area contributed by atoms with Crippen LogP contribution in [0.3, 0.4) is 0 Å². The molecule has 5 nitrogen and oxygen atoms in total. The van der Waals surface area contributed by atoms with Crippen molar-refractivity contribution in [3.05, 3.63) is 68.7 Å². The quantitative estimate of drug-likeness (QED) is 0.444. The second kappa shape index (κ2) is 7.39. The second-order valence-electron chi connectivity index (χ2n) is 4.83. The zero-order valence-electron chi connectivity index (χ0n) is 12.3. The fraction of sp³-hybridized carbons (Fsp3) is 0.0625. The van der Waals surface area contributed by atoms with Gasteiger partial charge in [0.05, 0.1) is 15.6 Å². The molecule has 0 bridgehead atoms. The lowest BCUT2D eigenvalue weighted by Crippen LogP contribution is -2.07. The summed E-state index contributed by atoms with van der Waals surface area (Å²) in [4.78, 5) is 12.0. The highest BCUT2D eigenvalue weighted by molar-refractivity contribution is 6.36. The molecule has 0 amide bonds. The van der Waals surface area contributed by atoms with E-state index in [-0.39, 0.29) is 34.0 Å². The van der Waals surface area contributed by atoms with E-state index in [0.717, 1.165) is 12.1 Å². The van der Waals surface area contributed by atoms with Gasteiger partial charge in [0.1, 0.15) is 5.82 Å². The average molecular weight is 402 g/mol. The van der Waals surface area contributed by atoms with Gasteiger partial charge in [0.15, 0.2) is 6.61 Å². The highest BCUT2D eigenvalue weighted by atomic mass is 35.5. The lowest BCUT2D eigenvalue weighted by Gasteiger charge is -2.05. The third kappa shape index (κ3) is 4.10. The summed E-state index contributed by atoms with van der Waals surface area (Å²) in [6.45, 7) is -0.292. The molecule has 0 fully saturated rings. The van der Waals surface area contributed by atoms with E-state index in [4.69, 9.17) is 44.0 Å². The Kier molecular flexibility index (Phi) is 5.22. The standard InChI is InChI=1S/C16H8Cl3FN2O3/c17-9-3-1-8(2-4-9)15-22-21-14(25-15)7-24-16(23)10-5-13(20)12(19)6-11(10)18/h1-6H,7H2. The smallest absolute Gasteiger partial charge is 0.340 e. The number of carbonyl (C=O) groups is 1. The topological polar surface area (TPSA) is 65.2 Å². The van der Waals surface area contributed by atoms with Gasteiger partial charge in [0.25, 0.3) is 5.89 Å². The fourth-order valence-electron chi connectivity index (χ4n) is 1.91. The first-order valence-corrected chi connectivity index (χ1v) is 7.97. The number of nitrogens with zero attached hydrogens (tertiary/aromatic N) is 2. The van der Waals surface area contributed by atoms with Gasteiger partial charge in [0.2, 0.25) is 5.89 Å². The zero-order chi connectivity index (χ0) is 18.0. The van der Waals surface area contributed by atoms with Crippen molar-refractivity contribution >= 4 is 40.8 Å². The Hall–Kier alpha value is -2.15. The molecule has 0 spiro atoms. The summed E-state index contributed by atoms with van der Waals surface area (Å²) in [6, 6.07) is 8.81. The van der Waals surface area contributed by atoms with E-state index in [1.54, 1.807) is 24.3 Å². The van der Waals surface area contributed by atoms with Crippen LogP contribution >= 0.6 is 34.8 Å². The Labute approximate surface area is 156 Å². The number of rotatable bonds is 4. The molecule has 0 aliphatic rings.